The van der Waals surface area contributed by atoms with Crippen molar-refractivity contribution in [1.82, 2.24) is 4.98 Å². The van der Waals surface area contributed by atoms with Gasteiger partial charge in [0.2, 0.25) is 0 Å². The lowest BCUT2D eigenvalue weighted by Crippen LogP contribution is -2.41. The van der Waals surface area contributed by atoms with Gasteiger partial charge in [0, 0.05) is 17.1 Å². The molecule has 6 heteroatoms. The maximum absolute atomic E-state index is 14.5. The summed E-state index contributed by atoms with van der Waals surface area (Å²) in [6, 6.07) is 5.61. The molecule has 3 heterocycles. The van der Waals surface area contributed by atoms with Gasteiger partial charge in [0.05, 0.1) is 16.9 Å². The van der Waals surface area contributed by atoms with E-state index in [0.29, 0.717) is 0 Å². The van der Waals surface area contributed by atoms with E-state index in [1.807, 2.05) is 50.6 Å². The van der Waals surface area contributed by atoms with Crippen LogP contribution < -0.4 is 0 Å². The van der Waals surface area contributed by atoms with Gasteiger partial charge in [0.15, 0.2) is 0 Å². The fourth-order valence-corrected chi connectivity index (χ4v) is 2.94. The van der Waals surface area contributed by atoms with Crippen LogP contribution in [-0.4, -0.2) is 23.3 Å². The summed E-state index contributed by atoms with van der Waals surface area (Å²) < 4.78 is 26.0. The second-order valence-corrected chi connectivity index (χ2v) is 7.38. The van der Waals surface area contributed by atoms with E-state index in [4.69, 9.17) is 9.31 Å². The van der Waals surface area contributed by atoms with E-state index in [0.717, 1.165) is 16.8 Å². The maximum atomic E-state index is 14.5. The van der Waals surface area contributed by atoms with Crippen LogP contribution in [0.1, 0.15) is 33.3 Å². The van der Waals surface area contributed by atoms with Crippen LogP contribution in [0, 0.1) is 0 Å². The van der Waals surface area contributed by atoms with Crippen LogP contribution >= 0.6 is 11.3 Å². The van der Waals surface area contributed by atoms with E-state index in [1.54, 1.807) is 23.6 Å². The predicted molar refractivity (Wildman–Crippen MR) is 92.7 cm³/mol. The molecule has 2 aromatic rings. The molecule has 0 N–H and O–H groups in total. The number of aromatic nitrogens is 1. The van der Waals surface area contributed by atoms with Gasteiger partial charge in [-0.2, -0.15) is 11.3 Å². The quantitative estimate of drug-likeness (QED) is 0.761. The number of halogens is 1. The second-order valence-electron chi connectivity index (χ2n) is 6.60. The Morgan fingerprint density at radius 2 is 1.91 bits per heavy atom. The Balaban J connectivity index is 1.84. The highest BCUT2D eigenvalue weighted by Gasteiger charge is 2.53. The zero-order chi connectivity index (χ0) is 16.7. The topological polar surface area (TPSA) is 31.4 Å². The zero-order valence-electron chi connectivity index (χ0n) is 13.7. The average Bonchev–Trinajstić information content (AvgIpc) is 3.06. The maximum Gasteiger partial charge on any atom is 0.525 e. The minimum Gasteiger partial charge on any atom is -0.398 e. The van der Waals surface area contributed by atoms with Crippen molar-refractivity contribution in [3.8, 4) is 11.3 Å². The first-order valence-electron chi connectivity index (χ1n) is 7.50. The van der Waals surface area contributed by atoms with Crippen molar-refractivity contribution >= 4 is 24.5 Å². The molecule has 0 saturated carbocycles. The summed E-state index contributed by atoms with van der Waals surface area (Å²) in [6.45, 7) is 7.62. The molecule has 0 radical (unpaired) electrons. The number of hydrogen-bond donors (Lipinski definition) is 0. The summed E-state index contributed by atoms with van der Waals surface area (Å²) in [7, 11) is -0.974. The van der Waals surface area contributed by atoms with Crippen LogP contribution in [0.5, 0.6) is 0 Å². The lowest BCUT2D eigenvalue weighted by Gasteiger charge is -2.32. The van der Waals surface area contributed by atoms with Crippen molar-refractivity contribution in [2.24, 2.45) is 0 Å². The molecule has 0 bridgehead atoms. The standard InChI is InChI=1S/C17H19BFNO2S/c1-16(2)17(3,4)22-18(21-16)15(19)10-12-5-7-20-14(9-12)13-6-8-23-11-13/h5-11H,1-4H3. The lowest BCUT2D eigenvalue weighted by molar-refractivity contribution is 0.00578. The highest BCUT2D eigenvalue weighted by Crippen LogP contribution is 2.39. The van der Waals surface area contributed by atoms with Gasteiger partial charge < -0.3 is 9.31 Å². The Morgan fingerprint density at radius 1 is 1.22 bits per heavy atom. The van der Waals surface area contributed by atoms with E-state index in [1.165, 1.54) is 6.08 Å². The van der Waals surface area contributed by atoms with E-state index in [-0.39, 0.29) is 0 Å². The number of rotatable bonds is 3. The van der Waals surface area contributed by atoms with E-state index >= 15 is 0 Å². The van der Waals surface area contributed by atoms with Gasteiger partial charge in [-0.1, -0.05) is 0 Å². The van der Waals surface area contributed by atoms with Crippen LogP contribution in [0.25, 0.3) is 17.3 Å². The minimum atomic E-state index is -0.974. The summed E-state index contributed by atoms with van der Waals surface area (Å²) in [5, 5.41) is 4.00. The lowest BCUT2D eigenvalue weighted by atomic mass is 9.87. The molecule has 1 aliphatic heterocycles. The first-order chi connectivity index (χ1) is 10.8. The third-order valence-electron chi connectivity index (χ3n) is 4.38. The van der Waals surface area contributed by atoms with Gasteiger partial charge >= 0.3 is 7.12 Å². The smallest absolute Gasteiger partial charge is 0.398 e. The molecule has 0 unspecified atom stereocenters. The molecule has 3 rings (SSSR count). The molecule has 23 heavy (non-hydrogen) atoms. The zero-order valence-corrected chi connectivity index (χ0v) is 14.5. The van der Waals surface area contributed by atoms with Crippen molar-refractivity contribution in [3.05, 3.63) is 46.4 Å². The van der Waals surface area contributed by atoms with Gasteiger partial charge in [0.1, 0.15) is 5.73 Å². The SMILES string of the molecule is CC1(C)OB(C(F)=Cc2ccnc(-c3ccsc3)c2)OC1(C)C. The molecular formula is C17H19BFNO2S. The van der Waals surface area contributed by atoms with Crippen LogP contribution in [0.3, 0.4) is 0 Å². The summed E-state index contributed by atoms with van der Waals surface area (Å²) in [6.07, 6.45) is 3.12. The van der Waals surface area contributed by atoms with Gasteiger partial charge in [-0.05, 0) is 62.9 Å². The van der Waals surface area contributed by atoms with E-state index in [2.05, 4.69) is 4.98 Å². The van der Waals surface area contributed by atoms with E-state index in [9.17, 15) is 4.39 Å². The minimum absolute atomic E-state index is 0.439. The number of hydrogen-bond acceptors (Lipinski definition) is 4. The molecule has 0 amide bonds. The van der Waals surface area contributed by atoms with Gasteiger partial charge in [-0.25, -0.2) is 4.39 Å². The molecule has 1 aliphatic rings. The van der Waals surface area contributed by atoms with Crippen LogP contribution in [0.15, 0.2) is 40.9 Å². The van der Waals surface area contributed by atoms with E-state index < -0.39 is 24.0 Å². The normalized spacial score (nSPS) is 20.0. The van der Waals surface area contributed by atoms with Crippen molar-refractivity contribution in [2.45, 2.75) is 38.9 Å². The molecule has 0 aliphatic carbocycles. The molecule has 2 aromatic heterocycles. The van der Waals surface area contributed by atoms with Gasteiger partial charge in [-0.3, -0.25) is 4.98 Å². The third kappa shape index (κ3) is 3.25. The van der Waals surface area contributed by atoms with Crippen molar-refractivity contribution in [3.63, 3.8) is 0 Å². The molecule has 3 nitrogen and oxygen atoms in total. The Labute approximate surface area is 140 Å². The molecule has 1 fully saturated rings. The summed E-state index contributed by atoms with van der Waals surface area (Å²) in [4.78, 5) is 4.33. The molecule has 120 valence electrons. The van der Waals surface area contributed by atoms with Gasteiger partial charge in [-0.15, -0.1) is 0 Å². The van der Waals surface area contributed by atoms with Crippen LogP contribution in [-0.2, 0) is 9.31 Å². The first kappa shape index (κ1) is 16.4. The first-order valence-corrected chi connectivity index (χ1v) is 8.44. The summed E-state index contributed by atoms with van der Waals surface area (Å²) >= 11 is 1.60. The Bertz CT molecular complexity index is 712. The highest BCUT2D eigenvalue weighted by molar-refractivity contribution is 7.08. The third-order valence-corrected chi connectivity index (χ3v) is 5.07. The van der Waals surface area contributed by atoms with Crippen LogP contribution in [0.2, 0.25) is 0 Å². The molecular weight excluding hydrogens is 312 g/mol. The number of pyridine rings is 1. The summed E-state index contributed by atoms with van der Waals surface area (Å²) in [5.41, 5.74) is 1.04. The molecule has 0 atom stereocenters. The molecule has 0 aromatic carbocycles. The molecule has 1 saturated heterocycles. The number of nitrogens with zero attached hydrogens (tertiary/aromatic N) is 1. The summed E-state index contributed by atoms with van der Waals surface area (Å²) in [5.74, 6) is 0. The largest absolute Gasteiger partial charge is 0.525 e. The Hall–Kier alpha value is -1.50. The predicted octanol–water partition coefficient (Wildman–Crippen LogP) is 4.75. The Morgan fingerprint density at radius 3 is 2.52 bits per heavy atom. The highest BCUT2D eigenvalue weighted by atomic mass is 32.1. The van der Waals surface area contributed by atoms with Crippen molar-refractivity contribution in [2.75, 3.05) is 0 Å². The van der Waals surface area contributed by atoms with Crippen molar-refractivity contribution < 1.29 is 13.7 Å². The van der Waals surface area contributed by atoms with Crippen LogP contribution in [0.4, 0.5) is 4.39 Å². The Kier molecular flexibility index (Phi) is 4.17. The number of thiophene rings is 1. The van der Waals surface area contributed by atoms with Crippen molar-refractivity contribution in [1.29, 1.82) is 0 Å². The van der Waals surface area contributed by atoms with Gasteiger partial charge in [0.25, 0.3) is 0 Å². The monoisotopic (exact) mass is 331 g/mol. The average molecular weight is 331 g/mol. The molecule has 0 spiro atoms. The second kappa shape index (κ2) is 5.85. The fraction of sp³-hybridized carbons (Fsp3) is 0.353. The fourth-order valence-electron chi connectivity index (χ4n) is 2.29.